The predicted molar refractivity (Wildman–Crippen MR) is 78.2 cm³/mol. The van der Waals surface area contributed by atoms with Crippen molar-refractivity contribution in [1.29, 1.82) is 5.26 Å². The van der Waals surface area contributed by atoms with Crippen LogP contribution in [0, 0.1) is 11.3 Å². The number of hydrogen-bond donors (Lipinski definition) is 0. The Hall–Kier alpha value is -1.63. The van der Waals surface area contributed by atoms with Gasteiger partial charge in [-0.2, -0.15) is 5.26 Å². The molecule has 1 fully saturated rings. The maximum atomic E-state index is 9.49. The molecule has 3 heteroatoms. The topological polar surface area (TPSA) is 42.2 Å². The lowest BCUT2D eigenvalue weighted by atomic mass is 9.86. The number of benzene rings is 1. The Morgan fingerprint density at radius 1 is 1.50 bits per heavy atom. The zero-order valence-electron chi connectivity index (χ0n) is 11.9. The van der Waals surface area contributed by atoms with Crippen molar-refractivity contribution in [3.05, 3.63) is 48.6 Å². The fourth-order valence-corrected chi connectivity index (χ4v) is 2.82. The van der Waals surface area contributed by atoms with Crippen molar-refractivity contribution in [2.24, 2.45) is 0 Å². The number of hydrogen-bond acceptors (Lipinski definition) is 3. The normalized spacial score (nSPS) is 29.6. The first kappa shape index (κ1) is 14.8. The lowest BCUT2D eigenvalue weighted by Crippen LogP contribution is -2.46. The summed E-state index contributed by atoms with van der Waals surface area (Å²) in [6.45, 7) is 3.74. The zero-order valence-corrected chi connectivity index (χ0v) is 11.9. The first-order chi connectivity index (χ1) is 9.71. The summed E-state index contributed by atoms with van der Waals surface area (Å²) in [5.41, 5.74) is 0.430. The Labute approximate surface area is 120 Å². The van der Waals surface area contributed by atoms with Crippen molar-refractivity contribution >= 4 is 0 Å². The maximum Gasteiger partial charge on any atom is 0.160 e. The van der Waals surface area contributed by atoms with Crippen LogP contribution in [0.1, 0.15) is 24.8 Å². The summed E-state index contributed by atoms with van der Waals surface area (Å²) >= 11 is 0. The van der Waals surface area contributed by atoms with E-state index in [0.29, 0.717) is 12.8 Å². The van der Waals surface area contributed by atoms with E-state index in [4.69, 9.17) is 9.47 Å². The highest BCUT2D eigenvalue weighted by Gasteiger charge is 2.41. The van der Waals surface area contributed by atoms with E-state index in [9.17, 15) is 5.26 Å². The molecule has 0 radical (unpaired) electrons. The minimum atomic E-state index is -0.792. The van der Waals surface area contributed by atoms with Crippen LogP contribution in [0.25, 0.3) is 0 Å². The van der Waals surface area contributed by atoms with Crippen LogP contribution in [0.15, 0.2) is 43.0 Å². The number of rotatable bonds is 5. The smallest absolute Gasteiger partial charge is 0.160 e. The van der Waals surface area contributed by atoms with Gasteiger partial charge in [-0.05, 0) is 12.0 Å². The van der Waals surface area contributed by atoms with Crippen molar-refractivity contribution in [3.63, 3.8) is 0 Å². The van der Waals surface area contributed by atoms with Gasteiger partial charge in [-0.15, -0.1) is 6.58 Å². The minimum Gasteiger partial charge on any atom is -0.381 e. The molecule has 0 spiro atoms. The molecular weight excluding hydrogens is 250 g/mol. The van der Waals surface area contributed by atoms with Gasteiger partial charge in [0.05, 0.1) is 18.3 Å². The van der Waals surface area contributed by atoms with Crippen LogP contribution in [0.3, 0.4) is 0 Å². The van der Waals surface area contributed by atoms with Crippen LogP contribution in [-0.4, -0.2) is 24.9 Å². The molecule has 1 aromatic carbocycles. The van der Waals surface area contributed by atoms with Crippen LogP contribution < -0.4 is 0 Å². The molecule has 3 atom stereocenters. The molecular formula is C17H21NO2. The molecule has 0 bridgehead atoms. The van der Waals surface area contributed by atoms with Crippen molar-refractivity contribution in [3.8, 4) is 6.07 Å². The Kier molecular flexibility index (Phi) is 4.94. The highest BCUT2D eigenvalue weighted by Crippen LogP contribution is 2.34. The van der Waals surface area contributed by atoms with Crippen LogP contribution in [0.5, 0.6) is 0 Å². The molecule has 0 saturated carbocycles. The van der Waals surface area contributed by atoms with Gasteiger partial charge in [0.25, 0.3) is 0 Å². The standard InChI is InChI=1S/C17H21NO2/c1-3-9-17(13-18)12-16(19-2)11-15(20-17)10-14-7-5-4-6-8-14/h3-8,15-16H,1,9-12H2,2H3/t15-,16-,17?/m1/s1. The number of ether oxygens (including phenoxy) is 2. The van der Waals surface area contributed by atoms with Gasteiger partial charge in [0.1, 0.15) is 0 Å². The molecule has 0 N–H and O–H groups in total. The molecule has 20 heavy (non-hydrogen) atoms. The van der Waals surface area contributed by atoms with E-state index in [1.807, 2.05) is 18.2 Å². The monoisotopic (exact) mass is 271 g/mol. The first-order valence-corrected chi connectivity index (χ1v) is 6.98. The van der Waals surface area contributed by atoms with Crippen molar-refractivity contribution < 1.29 is 9.47 Å². The van der Waals surface area contributed by atoms with Gasteiger partial charge in [0.15, 0.2) is 5.60 Å². The van der Waals surface area contributed by atoms with Crippen molar-refractivity contribution in [1.82, 2.24) is 0 Å². The van der Waals surface area contributed by atoms with Crippen LogP contribution in [0.4, 0.5) is 0 Å². The second kappa shape index (κ2) is 6.69. The summed E-state index contributed by atoms with van der Waals surface area (Å²) in [6, 6.07) is 12.5. The Morgan fingerprint density at radius 3 is 2.85 bits per heavy atom. The third kappa shape index (κ3) is 3.47. The molecule has 3 nitrogen and oxygen atoms in total. The van der Waals surface area contributed by atoms with Crippen LogP contribution in [-0.2, 0) is 15.9 Å². The van der Waals surface area contributed by atoms with E-state index in [2.05, 4.69) is 24.8 Å². The molecule has 1 aliphatic heterocycles. The molecule has 1 heterocycles. The predicted octanol–water partition coefficient (Wildman–Crippen LogP) is 3.26. The maximum absolute atomic E-state index is 9.49. The summed E-state index contributed by atoms with van der Waals surface area (Å²) in [7, 11) is 1.70. The quantitative estimate of drug-likeness (QED) is 0.772. The van der Waals surface area contributed by atoms with Gasteiger partial charge in [-0.1, -0.05) is 36.4 Å². The number of nitrogens with zero attached hydrogens (tertiary/aromatic N) is 1. The van der Waals surface area contributed by atoms with E-state index < -0.39 is 5.60 Å². The van der Waals surface area contributed by atoms with Gasteiger partial charge in [-0.25, -0.2) is 0 Å². The summed E-state index contributed by atoms with van der Waals surface area (Å²) < 4.78 is 11.6. The summed E-state index contributed by atoms with van der Waals surface area (Å²) in [5.74, 6) is 0. The van der Waals surface area contributed by atoms with Crippen molar-refractivity contribution in [2.45, 2.75) is 43.5 Å². The Morgan fingerprint density at radius 2 is 2.25 bits per heavy atom. The number of methoxy groups -OCH3 is 1. The van der Waals surface area contributed by atoms with Gasteiger partial charge in [-0.3, -0.25) is 0 Å². The van der Waals surface area contributed by atoms with Gasteiger partial charge in [0, 0.05) is 26.4 Å². The fourth-order valence-electron chi connectivity index (χ4n) is 2.82. The lowest BCUT2D eigenvalue weighted by Gasteiger charge is -2.39. The van der Waals surface area contributed by atoms with Gasteiger partial charge in [0.2, 0.25) is 0 Å². The zero-order chi connectivity index (χ0) is 14.4. The highest BCUT2D eigenvalue weighted by molar-refractivity contribution is 5.17. The Balaban J connectivity index is 2.12. The third-order valence-electron chi connectivity index (χ3n) is 3.79. The largest absolute Gasteiger partial charge is 0.381 e. The van der Waals surface area contributed by atoms with Crippen LogP contribution in [0.2, 0.25) is 0 Å². The fraction of sp³-hybridized carbons (Fsp3) is 0.471. The van der Waals surface area contributed by atoms with Crippen molar-refractivity contribution in [2.75, 3.05) is 7.11 Å². The molecule has 1 aromatic rings. The molecule has 1 unspecified atom stereocenters. The Bertz CT molecular complexity index is 480. The van der Waals surface area contributed by atoms with Gasteiger partial charge < -0.3 is 9.47 Å². The molecule has 0 aliphatic carbocycles. The molecule has 2 rings (SSSR count). The first-order valence-electron chi connectivity index (χ1n) is 6.98. The van der Waals surface area contributed by atoms with E-state index in [0.717, 1.165) is 12.8 Å². The van der Waals surface area contributed by atoms with E-state index in [1.54, 1.807) is 13.2 Å². The third-order valence-corrected chi connectivity index (χ3v) is 3.79. The SMILES string of the molecule is C=CCC1(C#N)C[C@H](OC)C[C@@H](Cc2ccccc2)O1. The van der Waals surface area contributed by atoms with E-state index in [-0.39, 0.29) is 12.2 Å². The van der Waals surface area contributed by atoms with E-state index >= 15 is 0 Å². The summed E-state index contributed by atoms with van der Waals surface area (Å²) in [4.78, 5) is 0. The molecule has 0 aromatic heterocycles. The number of nitriles is 1. The molecule has 106 valence electrons. The average molecular weight is 271 g/mol. The molecule has 1 aliphatic rings. The lowest BCUT2D eigenvalue weighted by molar-refractivity contribution is -0.138. The highest BCUT2D eigenvalue weighted by atomic mass is 16.5. The average Bonchev–Trinajstić information content (AvgIpc) is 2.48. The summed E-state index contributed by atoms with van der Waals surface area (Å²) in [5, 5.41) is 9.49. The van der Waals surface area contributed by atoms with Gasteiger partial charge >= 0.3 is 0 Å². The van der Waals surface area contributed by atoms with E-state index in [1.165, 1.54) is 5.56 Å². The summed E-state index contributed by atoms with van der Waals surface area (Å²) in [6.07, 6.45) is 4.60. The second-order valence-electron chi connectivity index (χ2n) is 5.33. The molecule has 0 amide bonds. The second-order valence-corrected chi connectivity index (χ2v) is 5.33. The minimum absolute atomic E-state index is 0.00991. The molecule has 1 saturated heterocycles. The van der Waals surface area contributed by atoms with Crippen LogP contribution >= 0.6 is 0 Å².